The van der Waals surface area contributed by atoms with Crippen molar-refractivity contribution in [1.82, 2.24) is 0 Å². The van der Waals surface area contributed by atoms with Crippen molar-refractivity contribution in [2.24, 2.45) is 5.41 Å². The Labute approximate surface area is 132 Å². The van der Waals surface area contributed by atoms with Gasteiger partial charge in [0.15, 0.2) is 11.5 Å². The van der Waals surface area contributed by atoms with Crippen LogP contribution in [0.4, 0.5) is 0 Å². The molecule has 21 heavy (non-hydrogen) atoms. The predicted octanol–water partition coefficient (Wildman–Crippen LogP) is 5.10. The minimum Gasteiger partial charge on any atom is -0.493 e. The first-order chi connectivity index (χ1) is 10.2. The highest BCUT2D eigenvalue weighted by atomic mass is 35.5. The van der Waals surface area contributed by atoms with Crippen LogP contribution in [0, 0.1) is 12.3 Å². The topological polar surface area (TPSA) is 18.5 Å². The Bertz CT molecular complexity index is 492. The molecule has 2 saturated carbocycles. The lowest BCUT2D eigenvalue weighted by atomic mass is 9.61. The van der Waals surface area contributed by atoms with Gasteiger partial charge >= 0.3 is 0 Å². The summed E-state index contributed by atoms with van der Waals surface area (Å²) in [5.74, 6) is 1.69. The van der Waals surface area contributed by atoms with Crippen molar-refractivity contribution in [1.29, 1.82) is 0 Å². The first kappa shape index (κ1) is 15.0. The number of benzene rings is 1. The van der Waals surface area contributed by atoms with E-state index in [4.69, 9.17) is 21.1 Å². The normalized spacial score (nSPS) is 27.8. The molecule has 0 aliphatic heterocycles. The fourth-order valence-electron chi connectivity index (χ4n) is 3.91. The fraction of sp³-hybridized carbons (Fsp3) is 0.667. The van der Waals surface area contributed by atoms with E-state index in [0.29, 0.717) is 0 Å². The molecule has 2 aliphatic rings. The van der Waals surface area contributed by atoms with E-state index >= 15 is 0 Å². The lowest BCUT2D eigenvalue weighted by molar-refractivity contribution is -0.0522. The van der Waals surface area contributed by atoms with E-state index < -0.39 is 0 Å². The van der Waals surface area contributed by atoms with Crippen molar-refractivity contribution in [2.75, 3.05) is 7.11 Å². The molecular formula is C18H25ClO2. The van der Waals surface area contributed by atoms with Gasteiger partial charge in [-0.05, 0) is 37.5 Å². The molecule has 0 radical (unpaired) electrons. The van der Waals surface area contributed by atoms with Crippen LogP contribution in [0.2, 0.25) is 0 Å². The first-order valence-corrected chi connectivity index (χ1v) is 8.55. The Morgan fingerprint density at radius 2 is 1.81 bits per heavy atom. The molecule has 0 amide bonds. The Hall–Kier alpha value is -0.890. The Kier molecular flexibility index (Phi) is 4.35. The molecule has 3 rings (SSSR count). The van der Waals surface area contributed by atoms with Gasteiger partial charge in [-0.3, -0.25) is 0 Å². The summed E-state index contributed by atoms with van der Waals surface area (Å²) in [5, 5.41) is 0.275. The molecule has 0 heterocycles. The second kappa shape index (κ2) is 6.08. The number of aryl methyl sites for hydroxylation is 1. The van der Waals surface area contributed by atoms with Crippen molar-refractivity contribution in [3.05, 3.63) is 23.8 Å². The third kappa shape index (κ3) is 2.75. The average Bonchev–Trinajstić information content (AvgIpc) is 2.76. The molecule has 1 spiro atoms. The van der Waals surface area contributed by atoms with Gasteiger partial charge in [0, 0.05) is 17.2 Å². The van der Waals surface area contributed by atoms with Gasteiger partial charge in [0.25, 0.3) is 0 Å². The van der Waals surface area contributed by atoms with E-state index in [1.807, 2.05) is 12.1 Å². The molecule has 0 N–H and O–H groups in total. The maximum absolute atomic E-state index is 6.61. The molecule has 2 fully saturated rings. The maximum Gasteiger partial charge on any atom is 0.161 e. The predicted molar refractivity (Wildman–Crippen MR) is 86.5 cm³/mol. The van der Waals surface area contributed by atoms with Crippen LogP contribution in [-0.4, -0.2) is 18.6 Å². The molecule has 0 bridgehead atoms. The maximum atomic E-state index is 6.61. The standard InChI is InChI=1S/C18H25ClO2/c1-13-7-8-14(15(11-13)20-2)21-17-12-16(19)18(17)9-5-3-4-6-10-18/h7-8,11,16-17H,3-6,9-10,12H2,1-2H3. The number of alkyl halides is 1. The van der Waals surface area contributed by atoms with Gasteiger partial charge in [-0.2, -0.15) is 0 Å². The minimum absolute atomic E-state index is 0.188. The third-order valence-corrected chi connectivity index (χ3v) is 5.92. The highest BCUT2D eigenvalue weighted by Gasteiger charge is 2.55. The molecule has 2 unspecified atom stereocenters. The van der Waals surface area contributed by atoms with Crippen LogP contribution in [-0.2, 0) is 0 Å². The monoisotopic (exact) mass is 308 g/mol. The van der Waals surface area contributed by atoms with E-state index in [2.05, 4.69) is 13.0 Å². The van der Waals surface area contributed by atoms with Crippen LogP contribution in [0.1, 0.15) is 50.5 Å². The Morgan fingerprint density at radius 3 is 2.43 bits per heavy atom. The molecule has 2 nitrogen and oxygen atoms in total. The third-order valence-electron chi connectivity index (χ3n) is 5.31. The molecule has 0 saturated heterocycles. The smallest absolute Gasteiger partial charge is 0.161 e. The van der Waals surface area contributed by atoms with E-state index in [1.165, 1.54) is 44.1 Å². The largest absolute Gasteiger partial charge is 0.493 e. The second-order valence-corrected chi connectivity index (χ2v) is 7.14. The number of hydrogen-bond donors (Lipinski definition) is 0. The zero-order valence-corrected chi connectivity index (χ0v) is 13.8. The zero-order valence-electron chi connectivity index (χ0n) is 13.0. The number of halogens is 1. The Balaban J connectivity index is 1.78. The lowest BCUT2D eigenvalue weighted by Crippen LogP contribution is -2.57. The van der Waals surface area contributed by atoms with Crippen molar-refractivity contribution in [2.45, 2.75) is 63.4 Å². The highest BCUT2D eigenvalue weighted by Crippen LogP contribution is 2.55. The number of rotatable bonds is 3. The van der Waals surface area contributed by atoms with Crippen molar-refractivity contribution in [3.8, 4) is 11.5 Å². The minimum atomic E-state index is 0.188. The summed E-state index contributed by atoms with van der Waals surface area (Å²) < 4.78 is 11.8. The number of hydrogen-bond acceptors (Lipinski definition) is 2. The van der Waals surface area contributed by atoms with E-state index in [-0.39, 0.29) is 16.9 Å². The number of ether oxygens (including phenoxy) is 2. The number of methoxy groups -OCH3 is 1. The van der Waals surface area contributed by atoms with Crippen molar-refractivity contribution < 1.29 is 9.47 Å². The van der Waals surface area contributed by atoms with Crippen molar-refractivity contribution in [3.63, 3.8) is 0 Å². The van der Waals surface area contributed by atoms with Gasteiger partial charge in [-0.15, -0.1) is 11.6 Å². The average molecular weight is 309 g/mol. The summed E-state index contributed by atoms with van der Waals surface area (Å²) in [6.45, 7) is 2.07. The summed E-state index contributed by atoms with van der Waals surface area (Å²) in [7, 11) is 1.70. The molecular weight excluding hydrogens is 284 g/mol. The van der Waals surface area contributed by atoms with Gasteiger partial charge < -0.3 is 9.47 Å². The van der Waals surface area contributed by atoms with Crippen LogP contribution in [0.3, 0.4) is 0 Å². The van der Waals surface area contributed by atoms with Crippen LogP contribution in [0.5, 0.6) is 11.5 Å². The van der Waals surface area contributed by atoms with E-state index in [0.717, 1.165) is 17.9 Å². The Morgan fingerprint density at radius 1 is 1.10 bits per heavy atom. The molecule has 1 aromatic carbocycles. The van der Waals surface area contributed by atoms with Gasteiger partial charge in [0.05, 0.1) is 7.11 Å². The van der Waals surface area contributed by atoms with Crippen LogP contribution >= 0.6 is 11.6 Å². The molecule has 0 aromatic heterocycles. The molecule has 2 atom stereocenters. The van der Waals surface area contributed by atoms with Crippen LogP contribution < -0.4 is 9.47 Å². The SMILES string of the molecule is COc1cc(C)ccc1OC1CC(Cl)C12CCCCCC2. The molecule has 2 aliphatic carbocycles. The van der Waals surface area contributed by atoms with Crippen LogP contribution in [0.15, 0.2) is 18.2 Å². The second-order valence-electron chi connectivity index (χ2n) is 6.61. The molecule has 116 valence electrons. The first-order valence-electron chi connectivity index (χ1n) is 8.11. The molecule has 1 aromatic rings. The van der Waals surface area contributed by atoms with Crippen molar-refractivity contribution >= 4 is 11.6 Å². The quantitative estimate of drug-likeness (QED) is 0.723. The fourth-order valence-corrected chi connectivity index (χ4v) is 4.43. The highest BCUT2D eigenvalue weighted by molar-refractivity contribution is 6.21. The summed E-state index contributed by atoms with van der Waals surface area (Å²) in [4.78, 5) is 0. The van der Waals surface area contributed by atoms with Gasteiger partial charge in [0.2, 0.25) is 0 Å². The molecule has 3 heteroatoms. The summed E-state index contributed by atoms with van der Waals surface area (Å²) in [6, 6.07) is 6.14. The van der Waals surface area contributed by atoms with E-state index in [9.17, 15) is 0 Å². The van der Waals surface area contributed by atoms with Gasteiger partial charge in [-0.1, -0.05) is 31.7 Å². The van der Waals surface area contributed by atoms with Crippen LogP contribution in [0.25, 0.3) is 0 Å². The summed E-state index contributed by atoms with van der Waals surface area (Å²) in [6.07, 6.45) is 8.87. The zero-order chi connectivity index (χ0) is 14.9. The van der Waals surface area contributed by atoms with Gasteiger partial charge in [-0.25, -0.2) is 0 Å². The van der Waals surface area contributed by atoms with E-state index in [1.54, 1.807) is 7.11 Å². The van der Waals surface area contributed by atoms with Gasteiger partial charge in [0.1, 0.15) is 6.10 Å². The lowest BCUT2D eigenvalue weighted by Gasteiger charge is -2.53. The summed E-state index contributed by atoms with van der Waals surface area (Å²) in [5.41, 5.74) is 1.38. The summed E-state index contributed by atoms with van der Waals surface area (Å²) >= 11 is 6.61.